The van der Waals surface area contributed by atoms with E-state index in [0.717, 1.165) is 37.9 Å². The molecule has 0 amide bonds. The zero-order chi connectivity index (χ0) is 31.6. The molecule has 0 radical (unpaired) electrons. The van der Waals surface area contributed by atoms with Gasteiger partial charge in [-0.3, -0.25) is 0 Å². The molecule has 0 bridgehead atoms. The van der Waals surface area contributed by atoms with E-state index < -0.39 is 11.6 Å². The maximum atomic E-state index is 15.5. The first kappa shape index (κ1) is 30.2. The molecule has 1 atom stereocenters. The van der Waals surface area contributed by atoms with E-state index >= 15 is 8.78 Å². The lowest BCUT2D eigenvalue weighted by molar-refractivity contribution is -0.164. The van der Waals surface area contributed by atoms with Crippen LogP contribution in [0.25, 0.3) is 33.4 Å². The van der Waals surface area contributed by atoms with Crippen LogP contribution in [0, 0.1) is 11.6 Å². The molecule has 7 rings (SSSR count). The number of rotatable bonds is 9. The number of hydrogen-bond donors (Lipinski definition) is 0. The van der Waals surface area contributed by atoms with Gasteiger partial charge < -0.3 is 18.9 Å². The average Bonchev–Trinajstić information content (AvgIpc) is 3.76. The second-order valence-corrected chi connectivity index (χ2v) is 12.0. The van der Waals surface area contributed by atoms with Gasteiger partial charge in [-0.05, 0) is 67.1 Å². The fourth-order valence-electron chi connectivity index (χ4n) is 6.01. The van der Waals surface area contributed by atoms with Crippen molar-refractivity contribution in [1.29, 1.82) is 0 Å². The standard InChI is InChI=1S/C32H35F2N9O3/c1-19(2)32-37-29(40-46-32)20-8-10-42(11-9-20)31-25-17-22(33)16-24(28(25)35-18-36-31)21-6-7-23(26(34)15-21)30-38-41-43(39-30)12-14-45-27-5-3-4-13-44-27/h6-7,15-20,27H,3-5,8-14H2,1-2H3. The van der Waals surface area contributed by atoms with Crippen LogP contribution in [-0.2, 0) is 16.0 Å². The molecule has 3 aromatic heterocycles. The van der Waals surface area contributed by atoms with Gasteiger partial charge in [0.05, 0.1) is 24.2 Å². The van der Waals surface area contributed by atoms with Gasteiger partial charge in [0.1, 0.15) is 23.8 Å². The summed E-state index contributed by atoms with van der Waals surface area (Å²) in [5.74, 6) is 1.48. The van der Waals surface area contributed by atoms with Crippen molar-refractivity contribution < 1.29 is 22.8 Å². The zero-order valence-corrected chi connectivity index (χ0v) is 25.8. The van der Waals surface area contributed by atoms with Crippen molar-refractivity contribution in [3.05, 3.63) is 60.0 Å². The number of piperidine rings is 1. The summed E-state index contributed by atoms with van der Waals surface area (Å²) in [4.78, 5) is 17.1. The molecule has 0 aliphatic carbocycles. The van der Waals surface area contributed by atoms with E-state index in [1.165, 1.54) is 29.3 Å². The second-order valence-electron chi connectivity index (χ2n) is 12.0. The Kier molecular flexibility index (Phi) is 8.63. The lowest BCUT2D eigenvalue weighted by Gasteiger charge is -2.32. The van der Waals surface area contributed by atoms with E-state index in [0.29, 0.717) is 66.6 Å². The molecule has 14 heteroatoms. The van der Waals surface area contributed by atoms with Crippen LogP contribution in [0.3, 0.4) is 0 Å². The highest BCUT2D eigenvalue weighted by atomic mass is 19.1. The number of benzene rings is 2. The molecule has 2 fully saturated rings. The Bertz CT molecular complexity index is 1810. The van der Waals surface area contributed by atoms with E-state index in [1.54, 1.807) is 12.1 Å². The summed E-state index contributed by atoms with van der Waals surface area (Å²) in [6.45, 7) is 6.83. The zero-order valence-electron chi connectivity index (χ0n) is 25.8. The van der Waals surface area contributed by atoms with Gasteiger partial charge in [-0.2, -0.15) is 9.78 Å². The van der Waals surface area contributed by atoms with Gasteiger partial charge in [-0.1, -0.05) is 25.1 Å². The van der Waals surface area contributed by atoms with Crippen LogP contribution in [0.5, 0.6) is 0 Å². The Morgan fingerprint density at radius 2 is 1.89 bits per heavy atom. The van der Waals surface area contributed by atoms with E-state index in [4.69, 9.17) is 14.0 Å². The predicted molar refractivity (Wildman–Crippen MR) is 164 cm³/mol. The van der Waals surface area contributed by atoms with Crippen molar-refractivity contribution in [2.45, 2.75) is 70.6 Å². The predicted octanol–water partition coefficient (Wildman–Crippen LogP) is 5.66. The SMILES string of the molecule is CC(C)c1nc(C2CCN(c3ncnc4c(-c5ccc(-c6nnn(CCOC7CCCCO7)n6)c(F)c5)cc(F)cc34)CC2)no1. The van der Waals surface area contributed by atoms with Crippen LogP contribution in [0.4, 0.5) is 14.6 Å². The fraction of sp³-hybridized carbons (Fsp3) is 0.469. The third-order valence-corrected chi connectivity index (χ3v) is 8.50. The fourth-order valence-corrected chi connectivity index (χ4v) is 6.01. The minimum Gasteiger partial charge on any atom is -0.356 e. The number of aromatic nitrogens is 8. The van der Waals surface area contributed by atoms with Crippen molar-refractivity contribution in [3.8, 4) is 22.5 Å². The van der Waals surface area contributed by atoms with E-state index in [9.17, 15) is 0 Å². The van der Waals surface area contributed by atoms with Crippen LogP contribution in [0.1, 0.15) is 69.5 Å². The molecule has 2 aliphatic heterocycles. The maximum absolute atomic E-state index is 15.5. The number of anilines is 1. The Hall–Kier alpha value is -4.43. The number of ether oxygens (including phenoxy) is 2. The first-order valence-electron chi connectivity index (χ1n) is 15.8. The Labute approximate surface area is 264 Å². The normalized spacial score (nSPS) is 17.8. The van der Waals surface area contributed by atoms with Gasteiger partial charge in [-0.15, -0.1) is 10.2 Å². The minimum atomic E-state index is -0.556. The first-order valence-corrected chi connectivity index (χ1v) is 15.8. The molecular weight excluding hydrogens is 596 g/mol. The van der Waals surface area contributed by atoms with Crippen LogP contribution < -0.4 is 4.90 Å². The number of tetrazole rings is 1. The van der Waals surface area contributed by atoms with Gasteiger partial charge in [-0.25, -0.2) is 18.7 Å². The Morgan fingerprint density at radius 1 is 1.02 bits per heavy atom. The van der Waals surface area contributed by atoms with Gasteiger partial charge in [0.25, 0.3) is 0 Å². The molecule has 0 spiro atoms. The van der Waals surface area contributed by atoms with Crippen molar-refractivity contribution in [3.63, 3.8) is 0 Å². The molecule has 46 heavy (non-hydrogen) atoms. The summed E-state index contributed by atoms with van der Waals surface area (Å²) in [5.41, 5.74) is 1.66. The summed E-state index contributed by atoms with van der Waals surface area (Å²) < 4.78 is 47.3. The Balaban J connectivity index is 1.08. The van der Waals surface area contributed by atoms with Crippen LogP contribution >= 0.6 is 0 Å². The lowest BCUT2D eigenvalue weighted by Crippen LogP contribution is -2.34. The topological polar surface area (TPSA) is 130 Å². The molecular formula is C32H35F2N9O3. The smallest absolute Gasteiger partial charge is 0.229 e. The molecule has 1 unspecified atom stereocenters. The van der Waals surface area contributed by atoms with Crippen LogP contribution in [0.2, 0.25) is 0 Å². The van der Waals surface area contributed by atoms with E-state index in [-0.39, 0.29) is 29.5 Å². The minimum absolute atomic E-state index is 0.149. The molecule has 5 heterocycles. The quantitative estimate of drug-likeness (QED) is 0.200. The van der Waals surface area contributed by atoms with E-state index in [1.807, 2.05) is 13.8 Å². The van der Waals surface area contributed by atoms with Crippen LogP contribution in [0.15, 0.2) is 41.2 Å². The molecule has 2 aliphatic rings. The molecule has 12 nitrogen and oxygen atoms in total. The summed E-state index contributed by atoms with van der Waals surface area (Å²) >= 11 is 0. The number of hydrogen-bond acceptors (Lipinski definition) is 11. The first-order chi connectivity index (χ1) is 22.4. The number of nitrogens with zero attached hydrogens (tertiary/aromatic N) is 9. The van der Waals surface area contributed by atoms with Gasteiger partial charge in [0.15, 0.2) is 12.1 Å². The van der Waals surface area contributed by atoms with Gasteiger partial charge in [0, 0.05) is 42.5 Å². The molecule has 240 valence electrons. The van der Waals surface area contributed by atoms with Gasteiger partial charge in [0.2, 0.25) is 11.7 Å². The molecule has 2 saturated heterocycles. The molecule has 0 N–H and O–H groups in total. The second kappa shape index (κ2) is 13.1. The molecule has 5 aromatic rings. The van der Waals surface area contributed by atoms with Crippen molar-refractivity contribution >= 4 is 16.7 Å². The number of fused-ring (bicyclic) bond motifs is 1. The average molecular weight is 632 g/mol. The highest BCUT2D eigenvalue weighted by Gasteiger charge is 2.27. The highest BCUT2D eigenvalue weighted by Crippen LogP contribution is 2.36. The number of halogens is 2. The monoisotopic (exact) mass is 631 g/mol. The van der Waals surface area contributed by atoms with Crippen molar-refractivity contribution in [2.24, 2.45) is 0 Å². The van der Waals surface area contributed by atoms with Crippen LogP contribution in [-0.4, -0.2) is 72.9 Å². The van der Waals surface area contributed by atoms with E-state index in [2.05, 4.69) is 40.4 Å². The maximum Gasteiger partial charge on any atom is 0.229 e. The third-order valence-electron chi connectivity index (χ3n) is 8.50. The Morgan fingerprint density at radius 3 is 2.65 bits per heavy atom. The molecule has 0 saturated carbocycles. The summed E-state index contributed by atoms with van der Waals surface area (Å²) in [5, 5.41) is 17.1. The summed E-state index contributed by atoms with van der Waals surface area (Å²) in [6.07, 6.45) is 5.85. The summed E-state index contributed by atoms with van der Waals surface area (Å²) in [7, 11) is 0. The molecule has 2 aromatic carbocycles. The van der Waals surface area contributed by atoms with Crippen molar-refractivity contribution in [1.82, 2.24) is 40.3 Å². The lowest BCUT2D eigenvalue weighted by atomic mass is 9.95. The summed E-state index contributed by atoms with van der Waals surface area (Å²) in [6, 6.07) is 7.43. The largest absolute Gasteiger partial charge is 0.356 e. The third kappa shape index (κ3) is 6.31. The van der Waals surface area contributed by atoms with Gasteiger partial charge >= 0.3 is 0 Å². The van der Waals surface area contributed by atoms with Crippen molar-refractivity contribution in [2.75, 3.05) is 31.2 Å². The highest BCUT2D eigenvalue weighted by molar-refractivity contribution is 5.99.